The largest absolute Gasteiger partial charge is 0.397 e. The van der Waals surface area contributed by atoms with Gasteiger partial charge >= 0.3 is 0 Å². The number of nitrogens with zero attached hydrogens (tertiary/aromatic N) is 3. The van der Waals surface area contributed by atoms with E-state index in [1.165, 1.54) is 0 Å². The molecule has 5 heteroatoms. The van der Waals surface area contributed by atoms with E-state index in [4.69, 9.17) is 22.6 Å². The van der Waals surface area contributed by atoms with Crippen LogP contribution in [0, 0.1) is 18.3 Å². The number of halogens is 1. The van der Waals surface area contributed by atoms with Crippen LogP contribution >= 0.6 is 11.6 Å². The number of aryl methyl sites for hydroxylation is 1. The third-order valence-electron chi connectivity index (χ3n) is 2.24. The van der Waals surface area contributed by atoms with Gasteiger partial charge in [-0.05, 0) is 25.1 Å². The van der Waals surface area contributed by atoms with E-state index in [9.17, 15) is 0 Å². The maximum absolute atomic E-state index is 8.72. The Morgan fingerprint density at radius 1 is 1.50 bits per heavy atom. The van der Waals surface area contributed by atoms with Crippen molar-refractivity contribution in [2.45, 2.75) is 6.92 Å². The first-order valence-corrected chi connectivity index (χ1v) is 5.01. The fraction of sp³-hybridized carbons (Fsp3) is 0.0909. The maximum atomic E-state index is 8.72. The van der Waals surface area contributed by atoms with Gasteiger partial charge in [0.1, 0.15) is 0 Å². The quantitative estimate of drug-likeness (QED) is 0.767. The van der Waals surface area contributed by atoms with Gasteiger partial charge in [-0.3, -0.25) is 0 Å². The van der Waals surface area contributed by atoms with Crippen LogP contribution in [-0.2, 0) is 0 Å². The van der Waals surface area contributed by atoms with Crippen LogP contribution in [0.5, 0.6) is 0 Å². The van der Waals surface area contributed by atoms with E-state index in [1.54, 1.807) is 29.1 Å². The van der Waals surface area contributed by atoms with Gasteiger partial charge in [-0.25, -0.2) is 4.68 Å². The average Bonchev–Trinajstić information content (AvgIpc) is 2.58. The molecule has 0 aliphatic heterocycles. The van der Waals surface area contributed by atoms with Gasteiger partial charge < -0.3 is 5.73 Å². The minimum absolute atomic E-state index is 0.498. The summed E-state index contributed by atoms with van der Waals surface area (Å²) in [5.74, 6) is 0. The van der Waals surface area contributed by atoms with E-state index in [1.807, 2.05) is 13.0 Å². The van der Waals surface area contributed by atoms with E-state index in [-0.39, 0.29) is 0 Å². The predicted molar refractivity (Wildman–Crippen MR) is 62.4 cm³/mol. The number of nitrogen functional groups attached to an aromatic ring is 1. The molecule has 0 unspecified atom stereocenters. The number of aromatic nitrogens is 2. The monoisotopic (exact) mass is 232 g/mol. The van der Waals surface area contributed by atoms with Gasteiger partial charge in [0.25, 0.3) is 0 Å². The van der Waals surface area contributed by atoms with Gasteiger partial charge in [-0.1, -0.05) is 11.6 Å². The van der Waals surface area contributed by atoms with Crippen molar-refractivity contribution in [1.29, 1.82) is 5.26 Å². The Labute approximate surface area is 97.9 Å². The number of rotatable bonds is 1. The zero-order chi connectivity index (χ0) is 11.7. The summed E-state index contributed by atoms with van der Waals surface area (Å²) in [4.78, 5) is 0. The zero-order valence-electron chi connectivity index (χ0n) is 8.61. The predicted octanol–water partition coefficient (Wildman–Crippen LogP) is 2.29. The number of anilines is 1. The number of nitriles is 1. The lowest BCUT2D eigenvalue weighted by atomic mass is 10.2. The highest BCUT2D eigenvalue weighted by Crippen LogP contribution is 2.21. The fourth-order valence-electron chi connectivity index (χ4n) is 1.40. The van der Waals surface area contributed by atoms with Crippen LogP contribution in [0.2, 0.25) is 5.02 Å². The molecule has 4 nitrogen and oxygen atoms in total. The Morgan fingerprint density at radius 2 is 2.25 bits per heavy atom. The van der Waals surface area contributed by atoms with Crippen LogP contribution in [0.25, 0.3) is 5.69 Å². The van der Waals surface area contributed by atoms with Gasteiger partial charge in [0, 0.05) is 6.20 Å². The molecule has 0 atom stereocenters. The summed E-state index contributed by atoms with van der Waals surface area (Å²) in [6.45, 7) is 1.82. The van der Waals surface area contributed by atoms with E-state index < -0.39 is 0 Å². The minimum atomic E-state index is 0.498. The van der Waals surface area contributed by atoms with Gasteiger partial charge in [-0.2, -0.15) is 10.4 Å². The molecule has 0 aliphatic carbocycles. The molecule has 0 saturated heterocycles. The summed E-state index contributed by atoms with van der Waals surface area (Å²) in [6, 6.07) is 7.08. The van der Waals surface area contributed by atoms with Crippen molar-refractivity contribution in [3.63, 3.8) is 0 Å². The Hall–Kier alpha value is -1.99. The summed E-state index contributed by atoms with van der Waals surface area (Å²) >= 11 is 5.91. The highest BCUT2D eigenvalue weighted by molar-refractivity contribution is 6.31. The molecule has 1 aromatic carbocycles. The molecule has 0 bridgehead atoms. The number of hydrogen-bond acceptors (Lipinski definition) is 3. The first-order valence-electron chi connectivity index (χ1n) is 4.63. The number of hydrogen-bond donors (Lipinski definition) is 1. The highest BCUT2D eigenvalue weighted by atomic mass is 35.5. The fourth-order valence-corrected chi connectivity index (χ4v) is 1.53. The third-order valence-corrected chi connectivity index (χ3v) is 2.61. The zero-order valence-corrected chi connectivity index (χ0v) is 9.36. The molecular formula is C11H9ClN4. The van der Waals surface area contributed by atoms with Crippen molar-refractivity contribution >= 4 is 17.3 Å². The lowest BCUT2D eigenvalue weighted by molar-refractivity contribution is 0.865. The van der Waals surface area contributed by atoms with Crippen molar-refractivity contribution in [2.24, 2.45) is 0 Å². The molecule has 2 rings (SSSR count). The van der Waals surface area contributed by atoms with Crippen molar-refractivity contribution in [3.8, 4) is 11.8 Å². The van der Waals surface area contributed by atoms with Crippen LogP contribution in [0.1, 0.15) is 11.3 Å². The molecule has 1 heterocycles. The first-order chi connectivity index (χ1) is 7.61. The summed E-state index contributed by atoms with van der Waals surface area (Å²) in [7, 11) is 0. The average molecular weight is 233 g/mol. The van der Waals surface area contributed by atoms with E-state index >= 15 is 0 Å². The standard InChI is InChI=1S/C11H9ClN4/c1-7-9(12)6-16(15-7)11-3-2-8(5-13)4-10(11)14/h2-4,6H,14H2,1H3. The SMILES string of the molecule is Cc1nn(-c2ccc(C#N)cc2N)cc1Cl. The molecule has 0 aliphatic rings. The van der Waals surface area contributed by atoms with Gasteiger partial charge in [0.05, 0.1) is 33.7 Å². The smallest absolute Gasteiger partial charge is 0.0992 e. The molecule has 0 radical (unpaired) electrons. The summed E-state index contributed by atoms with van der Waals surface area (Å²) < 4.78 is 1.61. The molecule has 0 saturated carbocycles. The van der Waals surface area contributed by atoms with E-state index in [0.717, 1.165) is 5.69 Å². The van der Waals surface area contributed by atoms with Gasteiger partial charge in [0.15, 0.2) is 0 Å². The highest BCUT2D eigenvalue weighted by Gasteiger charge is 2.07. The minimum Gasteiger partial charge on any atom is -0.397 e. The van der Waals surface area contributed by atoms with E-state index in [2.05, 4.69) is 5.10 Å². The topological polar surface area (TPSA) is 67.6 Å². The number of benzene rings is 1. The van der Waals surface area contributed by atoms with Crippen molar-refractivity contribution in [1.82, 2.24) is 9.78 Å². The third kappa shape index (κ3) is 1.73. The summed E-state index contributed by atoms with van der Waals surface area (Å²) in [6.07, 6.45) is 1.69. The van der Waals surface area contributed by atoms with Crippen LogP contribution in [0.3, 0.4) is 0 Å². The van der Waals surface area contributed by atoms with Crippen molar-refractivity contribution < 1.29 is 0 Å². The second-order valence-corrected chi connectivity index (χ2v) is 3.80. The van der Waals surface area contributed by atoms with Crippen LogP contribution in [-0.4, -0.2) is 9.78 Å². The molecule has 16 heavy (non-hydrogen) atoms. The molecular weight excluding hydrogens is 224 g/mol. The first kappa shape index (κ1) is 10.5. The molecule has 0 fully saturated rings. The summed E-state index contributed by atoms with van der Waals surface area (Å²) in [5.41, 5.74) is 8.31. The summed E-state index contributed by atoms with van der Waals surface area (Å²) in [5, 5.41) is 13.5. The molecule has 0 spiro atoms. The molecule has 1 aromatic heterocycles. The van der Waals surface area contributed by atoms with Gasteiger partial charge in [-0.15, -0.1) is 0 Å². The second kappa shape index (κ2) is 3.87. The Balaban J connectivity index is 2.53. The Kier molecular flexibility index (Phi) is 2.55. The lowest BCUT2D eigenvalue weighted by Crippen LogP contribution is -2.00. The molecule has 2 aromatic rings. The van der Waals surface area contributed by atoms with Gasteiger partial charge in [0.2, 0.25) is 0 Å². The lowest BCUT2D eigenvalue weighted by Gasteiger charge is -2.05. The Bertz CT molecular complexity index is 561. The van der Waals surface area contributed by atoms with Crippen LogP contribution < -0.4 is 5.73 Å². The molecule has 80 valence electrons. The number of nitrogens with two attached hydrogens (primary N) is 1. The maximum Gasteiger partial charge on any atom is 0.0992 e. The van der Waals surface area contributed by atoms with E-state index in [0.29, 0.717) is 22.0 Å². The molecule has 2 N–H and O–H groups in total. The van der Waals surface area contributed by atoms with Crippen molar-refractivity contribution in [3.05, 3.63) is 40.7 Å². The van der Waals surface area contributed by atoms with Crippen molar-refractivity contribution in [2.75, 3.05) is 5.73 Å². The normalized spacial score (nSPS) is 10.1. The van der Waals surface area contributed by atoms with Crippen LogP contribution in [0.15, 0.2) is 24.4 Å². The van der Waals surface area contributed by atoms with Crippen LogP contribution in [0.4, 0.5) is 5.69 Å². The Morgan fingerprint density at radius 3 is 2.75 bits per heavy atom. The second-order valence-electron chi connectivity index (χ2n) is 3.39. The molecule has 0 amide bonds.